The van der Waals surface area contributed by atoms with Gasteiger partial charge in [0.25, 0.3) is 0 Å². The van der Waals surface area contributed by atoms with Crippen LogP contribution in [0.5, 0.6) is 5.88 Å². The molecule has 6 heteroatoms. The zero-order valence-corrected chi connectivity index (χ0v) is 16.0. The monoisotopic (exact) mass is 368 g/mol. The molecule has 2 heterocycles. The molecule has 0 bridgehead atoms. The van der Waals surface area contributed by atoms with Crippen LogP contribution in [0.2, 0.25) is 0 Å². The number of nitrogens with zero attached hydrogens (tertiary/aromatic N) is 2. The van der Waals surface area contributed by atoms with Crippen LogP contribution in [-0.4, -0.2) is 41.2 Å². The molecule has 1 saturated heterocycles. The van der Waals surface area contributed by atoms with E-state index < -0.39 is 0 Å². The maximum Gasteiger partial charge on any atom is 0.319 e. The second kappa shape index (κ2) is 9.37. The Labute approximate surface area is 160 Å². The van der Waals surface area contributed by atoms with Gasteiger partial charge in [-0.1, -0.05) is 30.3 Å². The van der Waals surface area contributed by atoms with Gasteiger partial charge in [0.05, 0.1) is 6.10 Å². The number of rotatable bonds is 6. The van der Waals surface area contributed by atoms with Crippen molar-refractivity contribution in [2.24, 2.45) is 0 Å². The fourth-order valence-corrected chi connectivity index (χ4v) is 3.22. The molecule has 1 aromatic carbocycles. The second-order valence-corrected chi connectivity index (χ2v) is 7.16. The molecule has 2 amide bonds. The summed E-state index contributed by atoms with van der Waals surface area (Å²) in [6, 6.07) is 14.1. The first-order chi connectivity index (χ1) is 13.1. The summed E-state index contributed by atoms with van der Waals surface area (Å²) < 4.78 is 5.65. The van der Waals surface area contributed by atoms with Gasteiger partial charge in [0.1, 0.15) is 5.69 Å². The summed E-state index contributed by atoms with van der Waals surface area (Å²) in [5.74, 6) is 0.445. The third kappa shape index (κ3) is 5.96. The molecule has 0 spiro atoms. The molecule has 2 N–H and O–H groups in total. The van der Waals surface area contributed by atoms with Crippen LogP contribution in [0.3, 0.4) is 0 Å². The van der Waals surface area contributed by atoms with Crippen molar-refractivity contribution >= 4 is 11.7 Å². The summed E-state index contributed by atoms with van der Waals surface area (Å²) in [4.78, 5) is 19.0. The molecule has 1 aliphatic rings. The lowest BCUT2D eigenvalue weighted by molar-refractivity contribution is 0.189. The van der Waals surface area contributed by atoms with Gasteiger partial charge >= 0.3 is 6.03 Å². The fraction of sp³-hybridized carbons (Fsp3) is 0.429. The number of anilines is 1. The van der Waals surface area contributed by atoms with Gasteiger partial charge in [-0.15, -0.1) is 0 Å². The zero-order chi connectivity index (χ0) is 19.1. The second-order valence-electron chi connectivity index (χ2n) is 7.16. The number of ether oxygens (including phenoxy) is 1. The Balaban J connectivity index is 1.46. The Morgan fingerprint density at radius 1 is 1.19 bits per heavy atom. The van der Waals surface area contributed by atoms with Crippen molar-refractivity contribution in [3.8, 4) is 5.88 Å². The molecule has 27 heavy (non-hydrogen) atoms. The van der Waals surface area contributed by atoms with E-state index in [9.17, 15) is 4.79 Å². The highest BCUT2D eigenvalue weighted by Crippen LogP contribution is 2.22. The first-order valence-corrected chi connectivity index (χ1v) is 9.55. The average molecular weight is 368 g/mol. The number of benzene rings is 1. The Hall–Kier alpha value is -2.60. The number of hydrogen-bond donors (Lipinski definition) is 2. The predicted octanol–water partition coefficient (Wildman–Crippen LogP) is 3.65. The van der Waals surface area contributed by atoms with Crippen LogP contribution < -0.4 is 15.4 Å². The Kier molecular flexibility index (Phi) is 6.65. The molecule has 1 aliphatic heterocycles. The van der Waals surface area contributed by atoms with Gasteiger partial charge in [-0.2, -0.15) is 0 Å². The minimum atomic E-state index is -0.210. The van der Waals surface area contributed by atoms with Crippen LogP contribution in [-0.2, 0) is 6.54 Å². The van der Waals surface area contributed by atoms with Gasteiger partial charge < -0.3 is 15.4 Å². The van der Waals surface area contributed by atoms with Crippen molar-refractivity contribution in [1.82, 2.24) is 15.2 Å². The first kappa shape index (κ1) is 19.2. The maximum absolute atomic E-state index is 12.4. The highest BCUT2D eigenvalue weighted by atomic mass is 16.5. The van der Waals surface area contributed by atoms with E-state index in [1.54, 1.807) is 18.3 Å². The van der Waals surface area contributed by atoms with E-state index >= 15 is 0 Å². The number of amides is 2. The zero-order valence-electron chi connectivity index (χ0n) is 16.0. The van der Waals surface area contributed by atoms with Crippen molar-refractivity contribution in [2.45, 2.75) is 45.4 Å². The number of likely N-dealkylation sites (tertiary alicyclic amines) is 1. The third-order valence-electron chi connectivity index (χ3n) is 4.54. The quantitative estimate of drug-likeness (QED) is 0.817. The predicted molar refractivity (Wildman–Crippen MR) is 107 cm³/mol. The number of carbonyl (C=O) groups is 1. The summed E-state index contributed by atoms with van der Waals surface area (Å²) in [6.45, 7) is 6.79. The molecule has 1 fully saturated rings. The molecular weight excluding hydrogens is 340 g/mol. The van der Waals surface area contributed by atoms with E-state index in [0.717, 1.165) is 32.5 Å². The van der Waals surface area contributed by atoms with E-state index in [1.807, 2.05) is 19.9 Å². The molecule has 144 valence electrons. The van der Waals surface area contributed by atoms with Crippen LogP contribution in [0.25, 0.3) is 0 Å². The van der Waals surface area contributed by atoms with E-state index in [1.165, 1.54) is 5.56 Å². The molecule has 6 nitrogen and oxygen atoms in total. The summed E-state index contributed by atoms with van der Waals surface area (Å²) in [5, 5.41) is 5.94. The van der Waals surface area contributed by atoms with Crippen LogP contribution in [0.1, 0.15) is 32.3 Å². The minimum absolute atomic E-state index is 0.00236. The van der Waals surface area contributed by atoms with E-state index in [0.29, 0.717) is 11.6 Å². The van der Waals surface area contributed by atoms with Crippen molar-refractivity contribution in [1.29, 1.82) is 0 Å². The third-order valence-corrected chi connectivity index (χ3v) is 4.54. The van der Waals surface area contributed by atoms with Crippen molar-refractivity contribution < 1.29 is 9.53 Å². The van der Waals surface area contributed by atoms with E-state index in [-0.39, 0.29) is 18.2 Å². The maximum atomic E-state index is 12.4. The molecule has 3 rings (SSSR count). The van der Waals surface area contributed by atoms with Gasteiger partial charge in [-0.25, -0.2) is 9.78 Å². The molecule has 2 aromatic rings. The summed E-state index contributed by atoms with van der Waals surface area (Å²) in [6.07, 6.45) is 3.55. The molecule has 0 saturated carbocycles. The normalized spacial score (nSPS) is 15.5. The van der Waals surface area contributed by atoms with Crippen LogP contribution >= 0.6 is 0 Å². The lowest BCUT2D eigenvalue weighted by atomic mass is 10.0. The fourth-order valence-electron chi connectivity index (χ4n) is 3.22. The van der Waals surface area contributed by atoms with Crippen LogP contribution in [0.15, 0.2) is 48.7 Å². The highest BCUT2D eigenvalue weighted by Gasteiger charge is 2.21. The molecule has 1 aromatic heterocycles. The Bertz CT molecular complexity index is 728. The minimum Gasteiger partial charge on any atom is -0.473 e. The summed E-state index contributed by atoms with van der Waals surface area (Å²) in [5.41, 5.74) is 1.92. The van der Waals surface area contributed by atoms with Gasteiger partial charge in [-0.3, -0.25) is 4.90 Å². The van der Waals surface area contributed by atoms with Crippen molar-refractivity contribution in [2.75, 3.05) is 18.4 Å². The standard InChI is InChI=1S/C21H28N4O2/c1-16(2)27-20-19(9-6-12-22-20)24-21(26)23-18-10-13-25(14-11-18)15-17-7-4-3-5-8-17/h3-9,12,16,18H,10-11,13-15H2,1-2H3,(H2,23,24,26). The lowest BCUT2D eigenvalue weighted by Crippen LogP contribution is -2.45. The van der Waals surface area contributed by atoms with Crippen molar-refractivity contribution in [3.05, 3.63) is 54.2 Å². The van der Waals surface area contributed by atoms with Gasteiger partial charge in [0, 0.05) is 31.9 Å². The van der Waals surface area contributed by atoms with E-state index in [4.69, 9.17) is 4.74 Å². The number of pyridine rings is 1. The summed E-state index contributed by atoms with van der Waals surface area (Å²) in [7, 11) is 0. The Morgan fingerprint density at radius 2 is 1.93 bits per heavy atom. The number of hydrogen-bond acceptors (Lipinski definition) is 4. The van der Waals surface area contributed by atoms with Crippen LogP contribution in [0, 0.1) is 0 Å². The molecule has 0 unspecified atom stereocenters. The Morgan fingerprint density at radius 3 is 2.63 bits per heavy atom. The molecule has 0 atom stereocenters. The van der Waals surface area contributed by atoms with E-state index in [2.05, 4.69) is 44.8 Å². The molecular formula is C21H28N4O2. The van der Waals surface area contributed by atoms with Gasteiger partial charge in [-0.05, 0) is 44.4 Å². The summed E-state index contributed by atoms with van der Waals surface area (Å²) >= 11 is 0. The number of aromatic nitrogens is 1. The van der Waals surface area contributed by atoms with Crippen LogP contribution in [0.4, 0.5) is 10.5 Å². The van der Waals surface area contributed by atoms with Gasteiger partial charge in [0.2, 0.25) is 5.88 Å². The topological polar surface area (TPSA) is 66.5 Å². The lowest BCUT2D eigenvalue weighted by Gasteiger charge is -2.32. The van der Waals surface area contributed by atoms with Crippen molar-refractivity contribution in [3.63, 3.8) is 0 Å². The molecule has 0 aliphatic carbocycles. The number of urea groups is 1. The smallest absolute Gasteiger partial charge is 0.319 e. The highest BCUT2D eigenvalue weighted by molar-refractivity contribution is 5.90. The van der Waals surface area contributed by atoms with Gasteiger partial charge in [0.15, 0.2) is 0 Å². The average Bonchev–Trinajstić information content (AvgIpc) is 2.65. The number of nitrogens with one attached hydrogen (secondary N) is 2. The SMILES string of the molecule is CC(C)Oc1ncccc1NC(=O)NC1CCN(Cc2ccccc2)CC1. The largest absolute Gasteiger partial charge is 0.473 e. The number of carbonyl (C=O) groups excluding carboxylic acids is 1. The first-order valence-electron chi connectivity index (χ1n) is 9.55. The molecule has 0 radical (unpaired) electrons. The number of piperidine rings is 1.